The first-order chi connectivity index (χ1) is 14.5. The van der Waals surface area contributed by atoms with Crippen LogP contribution in [0.15, 0.2) is 52.3 Å². The van der Waals surface area contributed by atoms with Crippen molar-refractivity contribution in [2.75, 3.05) is 44.1 Å². The number of anilines is 1. The molecule has 31 heavy (non-hydrogen) atoms. The summed E-state index contributed by atoms with van der Waals surface area (Å²) in [7, 11) is 4.01. The van der Waals surface area contributed by atoms with Gasteiger partial charge >= 0.3 is 0 Å². The molecular weight excluding hydrogens is 473 g/mol. The summed E-state index contributed by atoms with van der Waals surface area (Å²) in [5, 5.41) is 0.765. The van der Waals surface area contributed by atoms with Crippen molar-refractivity contribution < 1.29 is 9.18 Å². The Hall–Kier alpha value is -1.32. The summed E-state index contributed by atoms with van der Waals surface area (Å²) in [6, 6.07) is 12.7. The third kappa shape index (κ3) is 7.64. The van der Waals surface area contributed by atoms with Crippen LogP contribution >= 0.6 is 47.3 Å². The van der Waals surface area contributed by atoms with Gasteiger partial charge < -0.3 is 4.90 Å². The number of carbonyl (C=O) groups excluding carboxylic acids is 1. The second-order valence-corrected chi connectivity index (χ2v) is 10.1. The van der Waals surface area contributed by atoms with Crippen molar-refractivity contribution >= 4 is 68.5 Å². The van der Waals surface area contributed by atoms with Gasteiger partial charge in [-0.05, 0) is 75.0 Å². The van der Waals surface area contributed by atoms with Crippen molar-refractivity contribution in [2.45, 2.75) is 22.6 Å². The van der Waals surface area contributed by atoms with E-state index in [1.807, 2.05) is 25.1 Å². The number of amides is 1. The average molecular weight is 500 g/mol. The molecule has 0 aliphatic rings. The van der Waals surface area contributed by atoms with Gasteiger partial charge in [-0.3, -0.25) is 9.69 Å². The molecule has 3 rings (SSSR count). The van der Waals surface area contributed by atoms with Crippen molar-refractivity contribution in [2.24, 2.45) is 0 Å². The lowest BCUT2D eigenvalue weighted by molar-refractivity contribution is -0.118. The molecule has 1 heterocycles. The maximum Gasteiger partial charge on any atom is 0.228 e. The van der Waals surface area contributed by atoms with E-state index < -0.39 is 0 Å². The van der Waals surface area contributed by atoms with E-state index in [-0.39, 0.29) is 24.1 Å². The molecule has 0 fully saturated rings. The molecule has 1 aromatic heterocycles. The number of likely N-dealkylation sites (N-methyl/N-ethyl adjacent to an activating group) is 1. The van der Waals surface area contributed by atoms with Gasteiger partial charge in [-0.15, -0.1) is 35.9 Å². The summed E-state index contributed by atoms with van der Waals surface area (Å²) in [5.74, 6) is 0.683. The van der Waals surface area contributed by atoms with Crippen molar-refractivity contribution in [3.05, 3.63) is 48.3 Å². The van der Waals surface area contributed by atoms with E-state index in [0.717, 1.165) is 39.0 Å². The minimum Gasteiger partial charge on any atom is -0.308 e. The van der Waals surface area contributed by atoms with Gasteiger partial charge in [0.05, 0.1) is 10.2 Å². The van der Waals surface area contributed by atoms with Crippen LogP contribution in [0, 0.1) is 5.82 Å². The summed E-state index contributed by atoms with van der Waals surface area (Å²) < 4.78 is 14.1. The molecule has 0 radical (unpaired) electrons. The Morgan fingerprint density at radius 2 is 1.81 bits per heavy atom. The van der Waals surface area contributed by atoms with Gasteiger partial charge in [0.15, 0.2) is 5.13 Å². The molecule has 168 valence electrons. The molecule has 9 heteroatoms. The van der Waals surface area contributed by atoms with E-state index >= 15 is 0 Å². The Bertz CT molecular complexity index is 982. The van der Waals surface area contributed by atoms with Crippen molar-refractivity contribution in [1.29, 1.82) is 0 Å². The minimum atomic E-state index is -0.230. The SMILES string of the molecule is CSc1ccc2nc(N(CCN(C)C)C(=O)CCCSc3ccc(F)cc3)sc2c1.Cl. The lowest BCUT2D eigenvalue weighted by Crippen LogP contribution is -2.36. The van der Waals surface area contributed by atoms with Crippen LogP contribution in [-0.4, -0.2) is 55.0 Å². The van der Waals surface area contributed by atoms with Crippen LogP contribution in [0.3, 0.4) is 0 Å². The summed E-state index contributed by atoms with van der Waals surface area (Å²) in [5.41, 5.74) is 0.933. The molecule has 1 amide bonds. The summed E-state index contributed by atoms with van der Waals surface area (Å²) >= 11 is 4.92. The molecule has 0 spiro atoms. The Labute approximate surface area is 202 Å². The van der Waals surface area contributed by atoms with Crippen LogP contribution in [0.2, 0.25) is 0 Å². The summed E-state index contributed by atoms with van der Waals surface area (Å²) in [6.07, 6.45) is 3.29. The monoisotopic (exact) mass is 499 g/mol. The number of nitrogens with zero attached hydrogens (tertiary/aromatic N) is 3. The fraction of sp³-hybridized carbons (Fsp3) is 0.364. The van der Waals surface area contributed by atoms with Gasteiger partial charge in [0.2, 0.25) is 5.91 Å². The largest absolute Gasteiger partial charge is 0.308 e. The highest BCUT2D eigenvalue weighted by Crippen LogP contribution is 2.32. The fourth-order valence-corrected chi connectivity index (χ4v) is 5.26. The highest BCUT2D eigenvalue weighted by molar-refractivity contribution is 7.99. The van der Waals surface area contributed by atoms with Crippen LogP contribution in [0.1, 0.15) is 12.8 Å². The molecule has 0 atom stereocenters. The number of hydrogen-bond acceptors (Lipinski definition) is 6. The smallest absolute Gasteiger partial charge is 0.228 e. The molecule has 0 N–H and O–H groups in total. The quantitative estimate of drug-likeness (QED) is 0.251. The Balaban J connectivity index is 0.00000341. The van der Waals surface area contributed by atoms with Gasteiger partial charge in [0.25, 0.3) is 0 Å². The zero-order valence-electron chi connectivity index (χ0n) is 17.8. The Morgan fingerprint density at radius 1 is 1.10 bits per heavy atom. The second kappa shape index (κ2) is 12.6. The molecule has 3 aromatic rings. The summed E-state index contributed by atoms with van der Waals surface area (Å²) in [4.78, 5) is 23.9. The van der Waals surface area contributed by atoms with E-state index in [0.29, 0.717) is 13.0 Å². The molecule has 0 aliphatic carbocycles. The normalized spacial score (nSPS) is 11.0. The molecule has 2 aromatic carbocycles. The van der Waals surface area contributed by atoms with Gasteiger partial charge in [-0.1, -0.05) is 11.3 Å². The van der Waals surface area contributed by atoms with E-state index in [1.165, 1.54) is 17.0 Å². The number of carbonyl (C=O) groups is 1. The van der Waals surface area contributed by atoms with Crippen LogP contribution in [-0.2, 0) is 4.79 Å². The first-order valence-electron chi connectivity index (χ1n) is 9.74. The number of thiazole rings is 1. The number of thioether (sulfide) groups is 2. The zero-order valence-corrected chi connectivity index (χ0v) is 21.1. The van der Waals surface area contributed by atoms with Gasteiger partial charge in [0, 0.05) is 29.3 Å². The number of halogens is 2. The summed E-state index contributed by atoms with van der Waals surface area (Å²) in [6.45, 7) is 1.40. The van der Waals surface area contributed by atoms with Gasteiger partial charge in [-0.25, -0.2) is 9.37 Å². The van der Waals surface area contributed by atoms with Crippen molar-refractivity contribution in [3.63, 3.8) is 0 Å². The van der Waals surface area contributed by atoms with Gasteiger partial charge in [-0.2, -0.15) is 0 Å². The first kappa shape index (κ1) is 25.9. The number of aromatic nitrogens is 1. The number of fused-ring (bicyclic) bond motifs is 1. The lowest BCUT2D eigenvalue weighted by Gasteiger charge is -2.22. The molecule has 0 bridgehead atoms. The van der Waals surface area contributed by atoms with Crippen molar-refractivity contribution in [3.8, 4) is 0 Å². The van der Waals surface area contributed by atoms with Crippen LogP contribution in [0.25, 0.3) is 10.2 Å². The highest BCUT2D eigenvalue weighted by Gasteiger charge is 2.19. The lowest BCUT2D eigenvalue weighted by atomic mass is 10.3. The fourth-order valence-electron chi connectivity index (χ4n) is 2.84. The highest BCUT2D eigenvalue weighted by atomic mass is 35.5. The molecule has 0 aliphatic heterocycles. The Morgan fingerprint density at radius 3 is 2.48 bits per heavy atom. The predicted molar refractivity (Wildman–Crippen MR) is 136 cm³/mol. The standard InChI is InChI=1S/C22H26FN3OS3.ClH/c1-25(2)12-13-26(22-24-19-11-10-18(28-3)15-20(19)30-22)21(27)5-4-14-29-17-8-6-16(23)7-9-17;/h6-11,15H,4-5,12-14H2,1-3H3;1H. The van der Waals surface area contributed by atoms with Crippen LogP contribution in [0.5, 0.6) is 0 Å². The molecular formula is C22H27ClFN3OS3. The van der Waals surface area contributed by atoms with E-state index in [1.54, 1.807) is 47.0 Å². The predicted octanol–water partition coefficient (Wildman–Crippen LogP) is 6.05. The number of benzene rings is 2. The van der Waals surface area contributed by atoms with E-state index in [9.17, 15) is 9.18 Å². The average Bonchev–Trinajstić information content (AvgIpc) is 3.15. The van der Waals surface area contributed by atoms with E-state index in [2.05, 4.69) is 23.3 Å². The number of rotatable bonds is 10. The van der Waals surface area contributed by atoms with Crippen molar-refractivity contribution in [1.82, 2.24) is 9.88 Å². The van der Waals surface area contributed by atoms with Crippen LogP contribution in [0.4, 0.5) is 9.52 Å². The van der Waals surface area contributed by atoms with Gasteiger partial charge in [0.1, 0.15) is 5.82 Å². The third-order valence-corrected chi connectivity index (χ3v) is 7.37. The topological polar surface area (TPSA) is 36.4 Å². The molecule has 0 saturated heterocycles. The maximum atomic E-state index is 13.0. The Kier molecular flexibility index (Phi) is 10.6. The maximum absolute atomic E-state index is 13.0. The molecule has 4 nitrogen and oxygen atoms in total. The van der Waals surface area contributed by atoms with Crippen LogP contribution < -0.4 is 4.90 Å². The molecule has 0 saturated carbocycles. The number of hydrogen-bond donors (Lipinski definition) is 0. The van der Waals surface area contributed by atoms with E-state index in [4.69, 9.17) is 4.98 Å². The minimum absolute atomic E-state index is 0. The second-order valence-electron chi connectivity index (χ2n) is 7.08. The zero-order chi connectivity index (χ0) is 21.5. The third-order valence-electron chi connectivity index (χ3n) is 4.50. The first-order valence-corrected chi connectivity index (χ1v) is 12.8. The molecule has 0 unspecified atom stereocenters.